The molecule has 1 unspecified atom stereocenters. The van der Waals surface area contributed by atoms with Gasteiger partial charge in [-0.05, 0) is 42.5 Å². The van der Waals surface area contributed by atoms with E-state index in [0.717, 1.165) is 35.3 Å². The Labute approximate surface area is 194 Å². The standard InChI is InChI=1S/C25H32N4O2S/c1-5-20-11-13-22(14-12-20)31-16-23-27-28-25(29(23)15-18(2)3)32-17-24(30)26-19(4)21-9-7-6-8-10-21/h6-14,18-19H,5,15-17H2,1-4H3,(H,26,30). The van der Waals surface area contributed by atoms with Crippen molar-refractivity contribution in [3.8, 4) is 5.75 Å². The summed E-state index contributed by atoms with van der Waals surface area (Å²) in [5, 5.41) is 12.5. The molecular formula is C25H32N4O2S. The number of amides is 1. The zero-order valence-electron chi connectivity index (χ0n) is 19.2. The van der Waals surface area contributed by atoms with Crippen molar-refractivity contribution in [2.45, 2.75) is 58.5 Å². The third kappa shape index (κ3) is 6.85. The van der Waals surface area contributed by atoms with Crippen molar-refractivity contribution in [1.82, 2.24) is 20.1 Å². The highest BCUT2D eigenvalue weighted by Crippen LogP contribution is 2.21. The van der Waals surface area contributed by atoms with E-state index < -0.39 is 0 Å². The van der Waals surface area contributed by atoms with E-state index in [1.165, 1.54) is 17.3 Å². The van der Waals surface area contributed by atoms with E-state index in [9.17, 15) is 4.79 Å². The summed E-state index contributed by atoms with van der Waals surface area (Å²) >= 11 is 1.40. The van der Waals surface area contributed by atoms with Crippen LogP contribution in [0.4, 0.5) is 0 Å². The molecule has 0 fully saturated rings. The summed E-state index contributed by atoms with van der Waals surface area (Å²) in [7, 11) is 0. The number of nitrogens with one attached hydrogen (secondary N) is 1. The van der Waals surface area contributed by atoms with Crippen molar-refractivity contribution >= 4 is 17.7 Å². The first-order chi connectivity index (χ1) is 15.5. The van der Waals surface area contributed by atoms with Crippen LogP contribution in [0.1, 0.15) is 50.7 Å². The molecule has 6 nitrogen and oxygen atoms in total. The molecule has 3 rings (SSSR count). The van der Waals surface area contributed by atoms with Crippen LogP contribution in [0.3, 0.4) is 0 Å². The fourth-order valence-corrected chi connectivity index (χ4v) is 4.07. The van der Waals surface area contributed by atoms with Crippen LogP contribution in [0.5, 0.6) is 5.75 Å². The second-order valence-corrected chi connectivity index (χ2v) is 9.12. The number of nitrogens with zero attached hydrogens (tertiary/aromatic N) is 3. The van der Waals surface area contributed by atoms with Gasteiger partial charge in [0.05, 0.1) is 11.8 Å². The second-order valence-electron chi connectivity index (χ2n) is 8.18. The summed E-state index contributed by atoms with van der Waals surface area (Å²) in [5.41, 5.74) is 2.36. The van der Waals surface area contributed by atoms with Crippen molar-refractivity contribution in [3.63, 3.8) is 0 Å². The van der Waals surface area contributed by atoms with Gasteiger partial charge in [-0.15, -0.1) is 10.2 Å². The van der Waals surface area contributed by atoms with E-state index in [4.69, 9.17) is 4.74 Å². The Morgan fingerprint density at radius 2 is 1.78 bits per heavy atom. The lowest BCUT2D eigenvalue weighted by Gasteiger charge is -2.15. The van der Waals surface area contributed by atoms with Crippen LogP contribution in [0.15, 0.2) is 59.8 Å². The number of rotatable bonds is 11. The van der Waals surface area contributed by atoms with Crippen molar-refractivity contribution in [3.05, 3.63) is 71.5 Å². The van der Waals surface area contributed by atoms with Gasteiger partial charge in [0.15, 0.2) is 11.0 Å². The smallest absolute Gasteiger partial charge is 0.230 e. The van der Waals surface area contributed by atoms with Gasteiger partial charge in [0.25, 0.3) is 0 Å². The predicted molar refractivity (Wildman–Crippen MR) is 129 cm³/mol. The lowest BCUT2D eigenvalue weighted by Crippen LogP contribution is -2.28. The maximum Gasteiger partial charge on any atom is 0.230 e. The number of thioether (sulfide) groups is 1. The van der Waals surface area contributed by atoms with Crippen molar-refractivity contribution in [2.24, 2.45) is 5.92 Å². The van der Waals surface area contributed by atoms with Crippen LogP contribution < -0.4 is 10.1 Å². The summed E-state index contributed by atoms with van der Waals surface area (Å²) in [6, 6.07) is 18.0. The Hall–Kier alpha value is -2.80. The fraction of sp³-hybridized carbons (Fsp3) is 0.400. The first-order valence-corrected chi connectivity index (χ1v) is 12.1. The highest BCUT2D eigenvalue weighted by molar-refractivity contribution is 7.99. The van der Waals surface area contributed by atoms with Gasteiger partial charge in [0, 0.05) is 6.54 Å². The number of carbonyl (C=O) groups excluding carboxylic acids is 1. The molecule has 32 heavy (non-hydrogen) atoms. The molecule has 0 spiro atoms. The molecule has 0 saturated heterocycles. The van der Waals surface area contributed by atoms with Gasteiger partial charge in [-0.1, -0.05) is 75.0 Å². The van der Waals surface area contributed by atoms with Crippen LogP contribution in [0.2, 0.25) is 0 Å². The van der Waals surface area contributed by atoms with Gasteiger partial charge in [-0.2, -0.15) is 0 Å². The Morgan fingerprint density at radius 3 is 2.44 bits per heavy atom. The van der Waals surface area contributed by atoms with Gasteiger partial charge in [-0.3, -0.25) is 4.79 Å². The van der Waals surface area contributed by atoms with Crippen LogP contribution >= 0.6 is 11.8 Å². The van der Waals surface area contributed by atoms with Crippen LogP contribution in [0, 0.1) is 5.92 Å². The molecule has 0 radical (unpaired) electrons. The predicted octanol–water partition coefficient (Wildman–Crippen LogP) is 5.05. The maximum absolute atomic E-state index is 12.5. The highest BCUT2D eigenvalue weighted by atomic mass is 32.2. The van der Waals surface area contributed by atoms with E-state index in [1.807, 2.05) is 49.4 Å². The third-order valence-electron chi connectivity index (χ3n) is 5.05. The van der Waals surface area contributed by atoms with Crippen LogP contribution in [0.25, 0.3) is 0 Å². The minimum Gasteiger partial charge on any atom is -0.486 e. The molecule has 0 aliphatic heterocycles. The molecular weight excluding hydrogens is 420 g/mol. The second kappa shape index (κ2) is 11.7. The lowest BCUT2D eigenvalue weighted by molar-refractivity contribution is -0.119. The largest absolute Gasteiger partial charge is 0.486 e. The van der Waals surface area contributed by atoms with Crippen LogP contribution in [-0.4, -0.2) is 26.4 Å². The maximum atomic E-state index is 12.5. The highest BCUT2D eigenvalue weighted by Gasteiger charge is 2.17. The molecule has 1 atom stereocenters. The molecule has 2 aromatic carbocycles. The van der Waals surface area contributed by atoms with Crippen molar-refractivity contribution in [2.75, 3.05) is 5.75 Å². The Morgan fingerprint density at radius 1 is 1.06 bits per heavy atom. The van der Waals surface area contributed by atoms with Gasteiger partial charge in [0.2, 0.25) is 5.91 Å². The summed E-state index contributed by atoms with van der Waals surface area (Å²) in [6.07, 6.45) is 1.00. The summed E-state index contributed by atoms with van der Waals surface area (Å²) in [6.45, 7) is 9.52. The number of hydrogen-bond donors (Lipinski definition) is 1. The fourth-order valence-electron chi connectivity index (χ4n) is 3.29. The Bertz CT molecular complexity index is 987. The van der Waals surface area contributed by atoms with E-state index >= 15 is 0 Å². The first-order valence-electron chi connectivity index (χ1n) is 11.1. The molecule has 1 amide bonds. The van der Waals surface area contributed by atoms with Crippen molar-refractivity contribution in [1.29, 1.82) is 0 Å². The van der Waals surface area contributed by atoms with E-state index in [-0.39, 0.29) is 17.7 Å². The molecule has 0 aliphatic rings. The first kappa shape index (κ1) is 23.9. The number of benzene rings is 2. The van der Waals surface area contributed by atoms with Gasteiger partial charge in [0.1, 0.15) is 12.4 Å². The molecule has 0 bridgehead atoms. The molecule has 1 aromatic heterocycles. The molecule has 3 aromatic rings. The van der Waals surface area contributed by atoms with E-state index in [1.54, 1.807) is 0 Å². The minimum absolute atomic E-state index is 0.0285. The van der Waals surface area contributed by atoms with Crippen molar-refractivity contribution < 1.29 is 9.53 Å². The number of aryl methyl sites for hydroxylation is 1. The average Bonchev–Trinajstić information content (AvgIpc) is 3.17. The zero-order chi connectivity index (χ0) is 22.9. The summed E-state index contributed by atoms with van der Waals surface area (Å²) in [4.78, 5) is 12.5. The number of ether oxygens (including phenoxy) is 1. The van der Waals surface area contributed by atoms with Gasteiger partial charge in [-0.25, -0.2) is 0 Å². The molecule has 7 heteroatoms. The molecule has 1 N–H and O–H groups in total. The lowest BCUT2D eigenvalue weighted by atomic mass is 10.1. The van der Waals surface area contributed by atoms with Crippen LogP contribution in [-0.2, 0) is 24.4 Å². The summed E-state index contributed by atoms with van der Waals surface area (Å²) < 4.78 is 8.00. The normalized spacial score (nSPS) is 12.0. The van der Waals surface area contributed by atoms with E-state index in [0.29, 0.717) is 12.5 Å². The Balaban J connectivity index is 1.60. The zero-order valence-corrected chi connectivity index (χ0v) is 20.1. The number of hydrogen-bond acceptors (Lipinski definition) is 5. The van der Waals surface area contributed by atoms with Gasteiger partial charge >= 0.3 is 0 Å². The summed E-state index contributed by atoms with van der Waals surface area (Å²) in [5.74, 6) is 2.25. The van der Waals surface area contributed by atoms with E-state index in [2.05, 4.69) is 53.0 Å². The molecule has 170 valence electrons. The monoisotopic (exact) mass is 452 g/mol. The SMILES string of the molecule is CCc1ccc(OCc2nnc(SCC(=O)NC(C)c3ccccc3)n2CC(C)C)cc1. The number of aromatic nitrogens is 3. The average molecular weight is 453 g/mol. The van der Waals surface area contributed by atoms with Gasteiger partial charge < -0.3 is 14.6 Å². The Kier molecular flexibility index (Phi) is 8.73. The molecule has 0 saturated carbocycles. The third-order valence-corrected chi connectivity index (χ3v) is 6.02. The molecule has 1 heterocycles. The molecule has 0 aliphatic carbocycles. The number of carbonyl (C=O) groups is 1. The topological polar surface area (TPSA) is 69.0 Å². The minimum atomic E-state index is -0.0408. The quantitative estimate of drug-likeness (QED) is 0.413.